The van der Waals surface area contributed by atoms with E-state index in [1.54, 1.807) is 12.3 Å². The van der Waals surface area contributed by atoms with E-state index in [-0.39, 0.29) is 10.9 Å². The van der Waals surface area contributed by atoms with E-state index in [1.807, 2.05) is 6.07 Å². The monoisotopic (exact) mass is 408 g/mol. The second-order valence-corrected chi connectivity index (χ2v) is 8.08. The van der Waals surface area contributed by atoms with Crippen LogP contribution in [0.25, 0.3) is 33.2 Å². The number of fused-ring (bicyclic) bond motifs is 2. The van der Waals surface area contributed by atoms with Crippen LogP contribution in [0.2, 0.25) is 0 Å². The van der Waals surface area contributed by atoms with Crippen molar-refractivity contribution < 1.29 is 8.78 Å². The number of anilines is 1. The van der Waals surface area contributed by atoms with Crippen LogP contribution in [0.5, 0.6) is 0 Å². The maximum absolute atomic E-state index is 14.5. The molecule has 1 aliphatic rings. The van der Waals surface area contributed by atoms with Crippen molar-refractivity contribution in [3.8, 4) is 11.4 Å². The first-order chi connectivity index (χ1) is 14.4. The zero-order chi connectivity index (χ0) is 21.0. The van der Waals surface area contributed by atoms with Gasteiger partial charge in [-0.2, -0.15) is 9.49 Å². The average molecular weight is 408 g/mol. The number of nitrogens with one attached hydrogen (secondary N) is 1. The number of aromatic nitrogens is 4. The van der Waals surface area contributed by atoms with Crippen molar-refractivity contribution in [1.82, 2.24) is 25.1 Å². The highest BCUT2D eigenvalue weighted by molar-refractivity contribution is 5.86. The van der Waals surface area contributed by atoms with E-state index in [1.165, 1.54) is 13.1 Å². The third kappa shape index (κ3) is 3.17. The van der Waals surface area contributed by atoms with E-state index >= 15 is 0 Å². The Morgan fingerprint density at radius 1 is 1.07 bits per heavy atom. The zero-order valence-electron chi connectivity index (χ0n) is 17.0. The normalized spacial score (nSPS) is 19.7. The van der Waals surface area contributed by atoms with E-state index < -0.39 is 11.8 Å². The summed E-state index contributed by atoms with van der Waals surface area (Å²) in [4.78, 5) is 11.4. The molecule has 0 saturated carbocycles. The summed E-state index contributed by atoms with van der Waals surface area (Å²) in [6, 6.07) is 9.75. The van der Waals surface area contributed by atoms with Crippen molar-refractivity contribution in [2.45, 2.75) is 25.9 Å². The van der Waals surface area contributed by atoms with Gasteiger partial charge in [0.25, 0.3) is 0 Å². The van der Waals surface area contributed by atoms with Crippen LogP contribution in [0.1, 0.15) is 13.8 Å². The first kappa shape index (κ1) is 18.9. The Hall–Kier alpha value is -3.13. The molecule has 30 heavy (non-hydrogen) atoms. The van der Waals surface area contributed by atoms with Gasteiger partial charge in [-0.05, 0) is 44.2 Å². The molecule has 154 valence electrons. The first-order valence-corrected chi connectivity index (χ1v) is 9.99. The summed E-state index contributed by atoms with van der Waals surface area (Å²) in [6.07, 6.45) is 1.73. The van der Waals surface area contributed by atoms with Gasteiger partial charge in [-0.1, -0.05) is 0 Å². The highest BCUT2D eigenvalue weighted by Gasteiger charge is 2.21. The summed E-state index contributed by atoms with van der Waals surface area (Å²) < 4.78 is 29.7. The molecule has 2 aromatic heterocycles. The summed E-state index contributed by atoms with van der Waals surface area (Å²) in [5.41, 5.74) is 2.31. The molecule has 1 aliphatic heterocycles. The van der Waals surface area contributed by atoms with E-state index in [4.69, 9.17) is 0 Å². The number of hydrogen-bond donors (Lipinski definition) is 1. The molecule has 0 unspecified atom stereocenters. The van der Waals surface area contributed by atoms with Gasteiger partial charge in [0.2, 0.25) is 5.95 Å². The Morgan fingerprint density at radius 3 is 2.60 bits per heavy atom. The van der Waals surface area contributed by atoms with E-state index in [0.717, 1.165) is 34.4 Å². The van der Waals surface area contributed by atoms with Crippen molar-refractivity contribution in [1.29, 1.82) is 0 Å². The fraction of sp³-hybridized carbons (Fsp3) is 0.318. The predicted octanol–water partition coefficient (Wildman–Crippen LogP) is 3.65. The molecule has 3 heterocycles. The number of aryl methyl sites for hydroxylation is 1. The highest BCUT2D eigenvalue weighted by Crippen LogP contribution is 2.28. The highest BCUT2D eigenvalue weighted by atomic mass is 19.1. The maximum atomic E-state index is 14.5. The van der Waals surface area contributed by atoms with Gasteiger partial charge in [0.1, 0.15) is 5.52 Å². The Morgan fingerprint density at radius 2 is 1.83 bits per heavy atom. The predicted molar refractivity (Wildman–Crippen MR) is 113 cm³/mol. The molecule has 5 rings (SSSR count). The van der Waals surface area contributed by atoms with Gasteiger partial charge < -0.3 is 10.2 Å². The molecule has 4 aromatic rings. The standard InChI is InChI=1S/C22H22F2N6/c1-12-10-30(11-13(2)26-12)16-4-5-19-15(6-16)9-25-22(27-19)14-7-17-20(18(23)8-14)28-29(3)21(17)24/h4-9,12-13,26H,10-11H2,1-3H3/t12-,13-/m1/s1. The molecule has 0 amide bonds. The molecule has 8 heteroatoms. The molecule has 0 spiro atoms. The van der Waals surface area contributed by atoms with Gasteiger partial charge in [-0.25, -0.2) is 19.0 Å². The van der Waals surface area contributed by atoms with Gasteiger partial charge in [0, 0.05) is 55.1 Å². The van der Waals surface area contributed by atoms with E-state index in [0.29, 0.717) is 23.5 Å². The van der Waals surface area contributed by atoms with Crippen molar-refractivity contribution in [3.63, 3.8) is 0 Å². The fourth-order valence-corrected chi connectivity index (χ4v) is 4.25. The van der Waals surface area contributed by atoms with Gasteiger partial charge >= 0.3 is 0 Å². The SMILES string of the molecule is C[C@@H]1CN(c2ccc3nc(-c4cc(F)c5nn(C)c(F)c5c4)ncc3c2)C[C@@H](C)N1. The van der Waals surface area contributed by atoms with Crippen LogP contribution in [0.3, 0.4) is 0 Å². The lowest BCUT2D eigenvalue weighted by atomic mass is 10.1. The van der Waals surface area contributed by atoms with Crippen LogP contribution < -0.4 is 10.2 Å². The molecule has 2 atom stereocenters. The molecule has 1 N–H and O–H groups in total. The van der Waals surface area contributed by atoms with Crippen molar-refractivity contribution in [2.24, 2.45) is 7.05 Å². The third-order valence-corrected chi connectivity index (χ3v) is 5.56. The number of benzene rings is 2. The minimum absolute atomic E-state index is 0.00339. The molecule has 0 radical (unpaired) electrons. The second-order valence-electron chi connectivity index (χ2n) is 8.08. The summed E-state index contributed by atoms with van der Waals surface area (Å²) in [5, 5.41) is 8.44. The van der Waals surface area contributed by atoms with Crippen LogP contribution in [-0.2, 0) is 7.05 Å². The maximum Gasteiger partial charge on any atom is 0.219 e. The Bertz CT molecular complexity index is 1260. The Kier molecular flexibility index (Phi) is 4.39. The molecule has 0 bridgehead atoms. The minimum Gasteiger partial charge on any atom is -0.368 e. The van der Waals surface area contributed by atoms with Crippen LogP contribution in [0.15, 0.2) is 36.5 Å². The van der Waals surface area contributed by atoms with E-state index in [2.05, 4.69) is 51.3 Å². The van der Waals surface area contributed by atoms with Gasteiger partial charge in [-0.3, -0.25) is 0 Å². The fourth-order valence-electron chi connectivity index (χ4n) is 4.25. The number of halogens is 2. The quantitative estimate of drug-likeness (QED) is 0.549. The first-order valence-electron chi connectivity index (χ1n) is 9.99. The minimum atomic E-state index is -0.594. The molecule has 0 aliphatic carbocycles. The topological polar surface area (TPSA) is 58.9 Å². The summed E-state index contributed by atoms with van der Waals surface area (Å²) in [7, 11) is 1.44. The molecule has 1 saturated heterocycles. The third-order valence-electron chi connectivity index (χ3n) is 5.56. The number of hydrogen-bond acceptors (Lipinski definition) is 5. The Labute approximate surface area is 172 Å². The van der Waals surface area contributed by atoms with E-state index in [9.17, 15) is 8.78 Å². The summed E-state index contributed by atoms with van der Waals surface area (Å²) >= 11 is 0. The average Bonchev–Trinajstić information content (AvgIpc) is 3.01. The van der Waals surface area contributed by atoms with Gasteiger partial charge in [-0.15, -0.1) is 0 Å². The molecule has 2 aromatic carbocycles. The largest absolute Gasteiger partial charge is 0.368 e. The number of piperazine rings is 1. The lowest BCUT2D eigenvalue weighted by molar-refractivity contribution is 0.407. The second kappa shape index (κ2) is 6.98. The van der Waals surface area contributed by atoms with Crippen LogP contribution in [-0.4, -0.2) is 44.9 Å². The van der Waals surface area contributed by atoms with Crippen molar-refractivity contribution >= 4 is 27.5 Å². The molecular formula is C22H22F2N6. The molecular weight excluding hydrogens is 386 g/mol. The molecule has 1 fully saturated rings. The van der Waals surface area contributed by atoms with Gasteiger partial charge in [0.15, 0.2) is 11.6 Å². The van der Waals surface area contributed by atoms with Crippen LogP contribution in [0.4, 0.5) is 14.5 Å². The number of nitrogens with zero attached hydrogens (tertiary/aromatic N) is 5. The zero-order valence-corrected chi connectivity index (χ0v) is 17.0. The Balaban J connectivity index is 1.53. The lowest BCUT2D eigenvalue weighted by Crippen LogP contribution is -2.54. The van der Waals surface area contributed by atoms with Crippen molar-refractivity contribution in [2.75, 3.05) is 18.0 Å². The summed E-state index contributed by atoms with van der Waals surface area (Å²) in [5.74, 6) is -0.831. The van der Waals surface area contributed by atoms with Crippen molar-refractivity contribution in [3.05, 3.63) is 48.3 Å². The number of rotatable bonds is 2. The smallest absolute Gasteiger partial charge is 0.219 e. The summed E-state index contributed by atoms with van der Waals surface area (Å²) in [6.45, 7) is 6.23. The van der Waals surface area contributed by atoms with Gasteiger partial charge in [0.05, 0.1) is 10.9 Å². The van der Waals surface area contributed by atoms with Crippen LogP contribution in [0, 0.1) is 11.8 Å². The lowest BCUT2D eigenvalue weighted by Gasteiger charge is -2.37. The molecule has 6 nitrogen and oxygen atoms in total. The van der Waals surface area contributed by atoms with Crippen LogP contribution >= 0.6 is 0 Å².